The van der Waals surface area contributed by atoms with Gasteiger partial charge in [-0.3, -0.25) is 4.79 Å². The molecule has 178 valence electrons. The minimum atomic E-state index is -0.651. The normalized spacial score (nSPS) is 11.5. The van der Waals surface area contributed by atoms with Crippen molar-refractivity contribution in [1.82, 2.24) is 0 Å². The van der Waals surface area contributed by atoms with Gasteiger partial charge in [0.05, 0.1) is 0 Å². The molecule has 0 rings (SSSR count). The van der Waals surface area contributed by atoms with Crippen LogP contribution in [0, 0.1) is 0 Å². The molecule has 0 unspecified atom stereocenters. The summed E-state index contributed by atoms with van der Waals surface area (Å²) in [5.41, 5.74) is 0. The van der Waals surface area contributed by atoms with Crippen LogP contribution in [0.3, 0.4) is 0 Å². The number of carboxylic acid groups (broad SMARTS) is 1. The average molecular weight is 423 g/mol. The number of hydrogen-bond donors (Lipinski definition) is 1. The van der Waals surface area contributed by atoms with E-state index in [4.69, 9.17) is 5.11 Å². The zero-order valence-electron chi connectivity index (χ0n) is 20.5. The summed E-state index contributed by atoms with van der Waals surface area (Å²) in [5.74, 6) is -0.651. The van der Waals surface area contributed by atoms with Gasteiger partial charge in [-0.05, 0) is 25.7 Å². The minimum Gasteiger partial charge on any atom is -0.481 e. The van der Waals surface area contributed by atoms with Crippen molar-refractivity contribution >= 4 is 5.97 Å². The van der Waals surface area contributed by atoms with E-state index in [1.807, 2.05) is 0 Å². The number of rotatable bonds is 25. The summed E-state index contributed by atoms with van der Waals surface area (Å²) in [6.45, 7) is 2.26. The lowest BCUT2D eigenvalue weighted by atomic mass is 10.0. The molecule has 2 nitrogen and oxygen atoms in total. The third-order valence-corrected chi connectivity index (χ3v) is 6.15. The molecule has 0 amide bonds. The van der Waals surface area contributed by atoms with Crippen molar-refractivity contribution in [3.05, 3.63) is 12.2 Å². The summed E-state index contributed by atoms with van der Waals surface area (Å²) in [4.78, 5) is 10.4. The van der Waals surface area contributed by atoms with Gasteiger partial charge in [0.1, 0.15) is 0 Å². The van der Waals surface area contributed by atoms with Gasteiger partial charge in [0.15, 0.2) is 0 Å². The van der Waals surface area contributed by atoms with Crippen LogP contribution >= 0.6 is 0 Å². The standard InChI is InChI=1S/C28H54O2/c1-2-3-4-5-6-7-8-9-10-11-12-13-14-15-16-17-18-19-20-21-22-23-24-25-26-27-28(29)30/h5-6H,2-4,7-27H2,1H3,(H,29,30)/b6-5-. The average Bonchev–Trinajstić information content (AvgIpc) is 2.73. The molecule has 0 aliphatic carbocycles. The number of aliphatic carboxylic acids is 1. The summed E-state index contributed by atoms with van der Waals surface area (Å²) < 4.78 is 0. The van der Waals surface area contributed by atoms with E-state index < -0.39 is 5.97 Å². The maximum absolute atomic E-state index is 10.4. The smallest absolute Gasteiger partial charge is 0.303 e. The predicted molar refractivity (Wildman–Crippen MR) is 133 cm³/mol. The van der Waals surface area contributed by atoms with Crippen molar-refractivity contribution in [1.29, 1.82) is 0 Å². The molecule has 0 aromatic rings. The molecular formula is C28H54O2. The Hall–Kier alpha value is -0.790. The molecule has 0 aromatic heterocycles. The second kappa shape index (κ2) is 26.2. The third kappa shape index (κ3) is 27.2. The topological polar surface area (TPSA) is 37.3 Å². The molecule has 0 spiro atoms. The highest BCUT2D eigenvalue weighted by Crippen LogP contribution is 2.15. The molecule has 0 heterocycles. The van der Waals surface area contributed by atoms with Crippen LogP contribution in [0.25, 0.3) is 0 Å². The fourth-order valence-corrected chi connectivity index (χ4v) is 4.10. The molecule has 0 radical (unpaired) electrons. The van der Waals surface area contributed by atoms with Crippen LogP contribution in [0.1, 0.15) is 161 Å². The van der Waals surface area contributed by atoms with Crippen molar-refractivity contribution < 1.29 is 9.90 Å². The largest absolute Gasteiger partial charge is 0.481 e. The first-order valence-corrected chi connectivity index (χ1v) is 13.6. The first kappa shape index (κ1) is 29.2. The van der Waals surface area contributed by atoms with Crippen molar-refractivity contribution in [3.63, 3.8) is 0 Å². The molecule has 1 N–H and O–H groups in total. The fraction of sp³-hybridized carbons (Fsp3) is 0.893. The summed E-state index contributed by atoms with van der Waals surface area (Å²) in [6.07, 6.45) is 36.0. The Labute approximate surface area is 189 Å². The number of hydrogen-bond acceptors (Lipinski definition) is 1. The maximum Gasteiger partial charge on any atom is 0.303 e. The van der Waals surface area contributed by atoms with Crippen LogP contribution in [0.15, 0.2) is 12.2 Å². The van der Waals surface area contributed by atoms with Gasteiger partial charge < -0.3 is 5.11 Å². The highest BCUT2D eigenvalue weighted by Gasteiger charge is 1.97. The quantitative estimate of drug-likeness (QED) is 0.117. The van der Waals surface area contributed by atoms with E-state index in [0.717, 1.165) is 12.8 Å². The van der Waals surface area contributed by atoms with Crippen LogP contribution < -0.4 is 0 Å². The molecule has 2 heteroatoms. The summed E-state index contributed by atoms with van der Waals surface area (Å²) in [5, 5.41) is 8.59. The van der Waals surface area contributed by atoms with E-state index in [2.05, 4.69) is 19.1 Å². The third-order valence-electron chi connectivity index (χ3n) is 6.15. The molecule has 0 fully saturated rings. The molecule has 0 aliphatic rings. The Morgan fingerprint density at radius 1 is 0.500 bits per heavy atom. The van der Waals surface area contributed by atoms with E-state index in [9.17, 15) is 4.79 Å². The van der Waals surface area contributed by atoms with E-state index in [0.29, 0.717) is 6.42 Å². The van der Waals surface area contributed by atoms with E-state index >= 15 is 0 Å². The second-order valence-electron chi connectivity index (χ2n) is 9.26. The monoisotopic (exact) mass is 422 g/mol. The Morgan fingerprint density at radius 3 is 1.13 bits per heavy atom. The number of unbranched alkanes of at least 4 members (excludes halogenated alkanes) is 21. The van der Waals surface area contributed by atoms with E-state index in [1.165, 1.54) is 135 Å². The number of carboxylic acids is 1. The van der Waals surface area contributed by atoms with Crippen molar-refractivity contribution in [2.45, 2.75) is 161 Å². The van der Waals surface area contributed by atoms with Gasteiger partial charge in [0.25, 0.3) is 0 Å². The molecule has 0 saturated heterocycles. The van der Waals surface area contributed by atoms with Crippen LogP contribution in [0.2, 0.25) is 0 Å². The Kier molecular flexibility index (Phi) is 25.6. The van der Waals surface area contributed by atoms with E-state index in [1.54, 1.807) is 0 Å². The van der Waals surface area contributed by atoms with Gasteiger partial charge in [0.2, 0.25) is 0 Å². The fourth-order valence-electron chi connectivity index (χ4n) is 4.10. The first-order valence-electron chi connectivity index (χ1n) is 13.6. The summed E-state index contributed by atoms with van der Waals surface area (Å²) >= 11 is 0. The lowest BCUT2D eigenvalue weighted by Crippen LogP contribution is -1.93. The van der Waals surface area contributed by atoms with Gasteiger partial charge in [0, 0.05) is 6.42 Å². The zero-order valence-corrected chi connectivity index (χ0v) is 20.5. The Morgan fingerprint density at radius 2 is 0.800 bits per heavy atom. The molecule has 30 heavy (non-hydrogen) atoms. The Bertz CT molecular complexity index is 362. The van der Waals surface area contributed by atoms with Crippen LogP contribution in [0.4, 0.5) is 0 Å². The van der Waals surface area contributed by atoms with Crippen LogP contribution in [-0.2, 0) is 4.79 Å². The van der Waals surface area contributed by atoms with Crippen molar-refractivity contribution in [2.24, 2.45) is 0 Å². The SMILES string of the molecule is CCCC/C=C\CCCCCCCCCCCCCCCCCCCCCC(=O)O. The predicted octanol–water partition coefficient (Wildman–Crippen LogP) is 10.0. The van der Waals surface area contributed by atoms with Gasteiger partial charge >= 0.3 is 5.97 Å². The molecule has 0 aromatic carbocycles. The van der Waals surface area contributed by atoms with Gasteiger partial charge in [-0.15, -0.1) is 0 Å². The number of carbonyl (C=O) groups is 1. The Balaban J connectivity index is 3.03. The first-order chi connectivity index (χ1) is 14.8. The molecule has 0 atom stereocenters. The molecule has 0 bridgehead atoms. The zero-order chi connectivity index (χ0) is 22.0. The molecule has 0 saturated carbocycles. The minimum absolute atomic E-state index is 0.345. The summed E-state index contributed by atoms with van der Waals surface area (Å²) in [6, 6.07) is 0. The van der Waals surface area contributed by atoms with Crippen molar-refractivity contribution in [2.75, 3.05) is 0 Å². The van der Waals surface area contributed by atoms with E-state index in [-0.39, 0.29) is 0 Å². The number of allylic oxidation sites excluding steroid dienone is 2. The van der Waals surface area contributed by atoms with Crippen LogP contribution in [0.5, 0.6) is 0 Å². The van der Waals surface area contributed by atoms with Gasteiger partial charge in [-0.2, -0.15) is 0 Å². The lowest BCUT2D eigenvalue weighted by molar-refractivity contribution is -0.137. The summed E-state index contributed by atoms with van der Waals surface area (Å²) in [7, 11) is 0. The highest BCUT2D eigenvalue weighted by atomic mass is 16.4. The van der Waals surface area contributed by atoms with Crippen molar-refractivity contribution in [3.8, 4) is 0 Å². The highest BCUT2D eigenvalue weighted by molar-refractivity contribution is 5.66. The van der Waals surface area contributed by atoms with Crippen LogP contribution in [-0.4, -0.2) is 11.1 Å². The molecular weight excluding hydrogens is 368 g/mol. The molecule has 0 aliphatic heterocycles. The van der Waals surface area contributed by atoms with Gasteiger partial charge in [-0.1, -0.05) is 141 Å². The lowest BCUT2D eigenvalue weighted by Gasteiger charge is -2.04. The maximum atomic E-state index is 10.4. The second-order valence-corrected chi connectivity index (χ2v) is 9.26. The van der Waals surface area contributed by atoms with Gasteiger partial charge in [-0.25, -0.2) is 0 Å².